The van der Waals surface area contributed by atoms with E-state index in [1.807, 2.05) is 19.1 Å². The Kier molecular flexibility index (Phi) is 4.88. The van der Waals surface area contributed by atoms with Gasteiger partial charge in [-0.05, 0) is 48.9 Å². The molecule has 0 saturated carbocycles. The average molecular weight is 354 g/mol. The number of rotatable bonds is 4. The van der Waals surface area contributed by atoms with Crippen LogP contribution in [0.5, 0.6) is 5.75 Å². The Morgan fingerprint density at radius 1 is 1.19 bits per heavy atom. The molecule has 2 amide bonds. The summed E-state index contributed by atoms with van der Waals surface area (Å²) in [7, 11) is 1.30. The molecule has 0 spiro atoms. The van der Waals surface area contributed by atoms with Crippen molar-refractivity contribution in [2.24, 2.45) is 0 Å². The Hall–Kier alpha value is -3.35. The first kappa shape index (κ1) is 17.5. The van der Waals surface area contributed by atoms with E-state index in [0.29, 0.717) is 22.7 Å². The van der Waals surface area contributed by atoms with Crippen molar-refractivity contribution in [3.05, 3.63) is 53.6 Å². The lowest BCUT2D eigenvalue weighted by Crippen LogP contribution is -2.43. The topological polar surface area (TPSA) is 84.9 Å². The lowest BCUT2D eigenvalue weighted by atomic mass is 10.1. The van der Waals surface area contributed by atoms with Crippen molar-refractivity contribution in [1.29, 1.82) is 0 Å². The number of ether oxygens (including phenoxy) is 2. The van der Waals surface area contributed by atoms with E-state index in [1.165, 1.54) is 12.0 Å². The molecule has 1 aliphatic heterocycles. The number of fused-ring (bicyclic) bond motifs is 1. The number of esters is 1. The second-order valence-electron chi connectivity index (χ2n) is 5.86. The highest BCUT2D eigenvalue weighted by Gasteiger charge is 2.27. The van der Waals surface area contributed by atoms with Gasteiger partial charge in [0, 0.05) is 5.69 Å². The molecule has 3 rings (SSSR count). The highest BCUT2D eigenvalue weighted by atomic mass is 16.5. The van der Waals surface area contributed by atoms with Crippen molar-refractivity contribution in [1.82, 2.24) is 0 Å². The highest BCUT2D eigenvalue weighted by molar-refractivity contribution is 6.05. The van der Waals surface area contributed by atoms with Gasteiger partial charge in [0.25, 0.3) is 5.91 Å². The zero-order valence-corrected chi connectivity index (χ0v) is 14.4. The van der Waals surface area contributed by atoms with Crippen LogP contribution in [0.3, 0.4) is 0 Å². The Balaban J connectivity index is 1.70. The first-order valence-corrected chi connectivity index (χ1v) is 8.00. The first-order chi connectivity index (χ1) is 12.5. The fraction of sp³-hybridized carbons (Fsp3) is 0.211. The molecule has 1 N–H and O–H groups in total. The SMILES string of the molecule is COC(=O)c1ccc(NC(=O)CN2C(=O)COc3cc(C)ccc32)cc1. The predicted octanol–water partition coefficient (Wildman–Crippen LogP) is 2.15. The standard InChI is InChI=1S/C19H18N2O5/c1-12-3-8-15-16(9-12)26-11-18(23)21(15)10-17(22)20-14-6-4-13(5-7-14)19(24)25-2/h3-9H,10-11H2,1-2H3,(H,20,22). The molecule has 0 unspecified atom stereocenters. The predicted molar refractivity (Wildman–Crippen MR) is 95.4 cm³/mol. The third-order valence-corrected chi connectivity index (χ3v) is 3.95. The van der Waals surface area contributed by atoms with Crippen molar-refractivity contribution in [3.8, 4) is 5.75 Å². The van der Waals surface area contributed by atoms with E-state index in [4.69, 9.17) is 4.74 Å². The molecule has 0 aromatic heterocycles. The Labute approximate surface area is 150 Å². The molecule has 0 radical (unpaired) electrons. The number of methoxy groups -OCH3 is 1. The Morgan fingerprint density at radius 2 is 1.92 bits per heavy atom. The molecular formula is C19H18N2O5. The van der Waals surface area contributed by atoms with Gasteiger partial charge in [0.15, 0.2) is 6.61 Å². The second kappa shape index (κ2) is 7.26. The van der Waals surface area contributed by atoms with Gasteiger partial charge in [-0.15, -0.1) is 0 Å². The van der Waals surface area contributed by atoms with Crippen LogP contribution in [0, 0.1) is 6.92 Å². The van der Waals surface area contributed by atoms with Crippen LogP contribution < -0.4 is 15.0 Å². The third-order valence-electron chi connectivity index (χ3n) is 3.95. The number of amides is 2. The summed E-state index contributed by atoms with van der Waals surface area (Å²) in [5.41, 5.74) is 2.49. The van der Waals surface area contributed by atoms with E-state index in [2.05, 4.69) is 10.1 Å². The summed E-state index contributed by atoms with van der Waals surface area (Å²) in [6.07, 6.45) is 0. The maximum Gasteiger partial charge on any atom is 0.337 e. The molecule has 0 fully saturated rings. The number of hydrogen-bond donors (Lipinski definition) is 1. The number of benzene rings is 2. The van der Waals surface area contributed by atoms with Crippen LogP contribution in [0.25, 0.3) is 0 Å². The molecule has 1 aliphatic rings. The molecule has 7 heteroatoms. The summed E-state index contributed by atoms with van der Waals surface area (Å²) < 4.78 is 10.1. The largest absolute Gasteiger partial charge is 0.482 e. The van der Waals surface area contributed by atoms with Crippen LogP contribution in [0.15, 0.2) is 42.5 Å². The summed E-state index contributed by atoms with van der Waals surface area (Å²) in [6.45, 7) is 1.70. The lowest BCUT2D eigenvalue weighted by Gasteiger charge is -2.29. The average Bonchev–Trinajstić information content (AvgIpc) is 2.64. The van der Waals surface area contributed by atoms with Crippen molar-refractivity contribution in [3.63, 3.8) is 0 Å². The van der Waals surface area contributed by atoms with Gasteiger partial charge in [-0.2, -0.15) is 0 Å². The number of anilines is 2. The molecule has 2 aromatic carbocycles. The van der Waals surface area contributed by atoms with Crippen molar-refractivity contribution in [2.45, 2.75) is 6.92 Å². The van der Waals surface area contributed by atoms with Gasteiger partial charge in [-0.1, -0.05) is 6.07 Å². The summed E-state index contributed by atoms with van der Waals surface area (Å²) in [4.78, 5) is 37.3. The van der Waals surface area contributed by atoms with Crippen LogP contribution in [0.4, 0.5) is 11.4 Å². The highest BCUT2D eigenvalue weighted by Crippen LogP contribution is 2.32. The molecule has 1 heterocycles. The zero-order valence-electron chi connectivity index (χ0n) is 14.4. The monoisotopic (exact) mass is 354 g/mol. The minimum atomic E-state index is -0.450. The summed E-state index contributed by atoms with van der Waals surface area (Å²) in [5.74, 6) is -0.497. The Bertz CT molecular complexity index is 861. The molecule has 0 aliphatic carbocycles. The smallest absolute Gasteiger partial charge is 0.337 e. The minimum Gasteiger partial charge on any atom is -0.482 e. The number of carbonyl (C=O) groups is 3. The molecule has 2 aromatic rings. The van der Waals surface area contributed by atoms with Gasteiger partial charge >= 0.3 is 5.97 Å². The van der Waals surface area contributed by atoms with Crippen molar-refractivity contribution >= 4 is 29.2 Å². The number of carbonyl (C=O) groups excluding carboxylic acids is 3. The van der Waals surface area contributed by atoms with Crippen LogP contribution in [0.2, 0.25) is 0 Å². The van der Waals surface area contributed by atoms with Crippen LogP contribution in [0.1, 0.15) is 15.9 Å². The van der Waals surface area contributed by atoms with E-state index in [9.17, 15) is 14.4 Å². The van der Waals surface area contributed by atoms with Crippen molar-refractivity contribution < 1.29 is 23.9 Å². The van der Waals surface area contributed by atoms with Gasteiger partial charge in [0.05, 0.1) is 18.4 Å². The van der Waals surface area contributed by atoms with Crippen LogP contribution in [-0.4, -0.2) is 38.0 Å². The minimum absolute atomic E-state index is 0.0996. The van der Waals surface area contributed by atoms with E-state index < -0.39 is 5.97 Å². The van der Waals surface area contributed by atoms with Gasteiger partial charge in [-0.3, -0.25) is 14.5 Å². The molecular weight excluding hydrogens is 336 g/mol. The molecule has 0 atom stereocenters. The third kappa shape index (κ3) is 3.66. The second-order valence-corrected chi connectivity index (χ2v) is 5.86. The van der Waals surface area contributed by atoms with E-state index in [-0.39, 0.29) is 25.0 Å². The lowest BCUT2D eigenvalue weighted by molar-refractivity contribution is -0.123. The van der Waals surface area contributed by atoms with E-state index in [1.54, 1.807) is 30.3 Å². The van der Waals surface area contributed by atoms with Crippen molar-refractivity contribution in [2.75, 3.05) is 30.5 Å². The fourth-order valence-corrected chi connectivity index (χ4v) is 2.64. The summed E-state index contributed by atoms with van der Waals surface area (Å²) in [6, 6.07) is 11.8. The van der Waals surface area contributed by atoms with Crippen LogP contribution in [-0.2, 0) is 14.3 Å². The van der Waals surface area contributed by atoms with Crippen LogP contribution >= 0.6 is 0 Å². The molecule has 7 nitrogen and oxygen atoms in total. The van der Waals surface area contributed by atoms with Gasteiger partial charge in [0.2, 0.25) is 5.91 Å². The zero-order chi connectivity index (χ0) is 18.7. The number of nitrogens with zero attached hydrogens (tertiary/aromatic N) is 1. The maximum atomic E-state index is 12.3. The van der Waals surface area contributed by atoms with Gasteiger partial charge < -0.3 is 14.8 Å². The van der Waals surface area contributed by atoms with Gasteiger partial charge in [0.1, 0.15) is 12.3 Å². The molecule has 134 valence electrons. The quantitative estimate of drug-likeness (QED) is 0.851. The molecule has 26 heavy (non-hydrogen) atoms. The first-order valence-electron chi connectivity index (χ1n) is 8.00. The molecule has 0 saturated heterocycles. The number of nitrogens with one attached hydrogen (secondary N) is 1. The van der Waals surface area contributed by atoms with E-state index >= 15 is 0 Å². The summed E-state index contributed by atoms with van der Waals surface area (Å²) >= 11 is 0. The fourth-order valence-electron chi connectivity index (χ4n) is 2.64. The maximum absolute atomic E-state index is 12.3. The molecule has 0 bridgehead atoms. The number of aryl methyl sites for hydroxylation is 1. The number of hydrogen-bond acceptors (Lipinski definition) is 5. The normalized spacial score (nSPS) is 12.8. The summed E-state index contributed by atoms with van der Waals surface area (Å²) in [5, 5.41) is 2.71. The Morgan fingerprint density at radius 3 is 2.62 bits per heavy atom. The van der Waals surface area contributed by atoms with E-state index in [0.717, 1.165) is 5.56 Å². The van der Waals surface area contributed by atoms with Gasteiger partial charge in [-0.25, -0.2) is 4.79 Å².